The average Bonchev–Trinajstić information content (AvgIpc) is 2.84. The van der Waals surface area contributed by atoms with Crippen molar-refractivity contribution in [2.24, 2.45) is 5.92 Å². The summed E-state index contributed by atoms with van der Waals surface area (Å²) in [5.74, 6) is 0.872. The van der Waals surface area contributed by atoms with Gasteiger partial charge in [0.2, 0.25) is 0 Å². The van der Waals surface area contributed by atoms with E-state index in [1.54, 1.807) is 0 Å². The van der Waals surface area contributed by atoms with Crippen molar-refractivity contribution in [3.63, 3.8) is 0 Å². The van der Waals surface area contributed by atoms with Crippen LogP contribution in [0.2, 0.25) is 0 Å². The van der Waals surface area contributed by atoms with Crippen molar-refractivity contribution in [1.29, 1.82) is 0 Å². The summed E-state index contributed by atoms with van der Waals surface area (Å²) in [6.07, 6.45) is 5.22. The Balaban J connectivity index is 2.07. The Hall–Kier alpha value is -0.580. The van der Waals surface area contributed by atoms with Gasteiger partial charge >= 0.3 is 0 Å². The highest BCUT2D eigenvalue weighted by atomic mass is 127. The summed E-state index contributed by atoms with van der Waals surface area (Å²) in [5, 5.41) is 0. The number of hydrogen-bond acceptors (Lipinski definition) is 1. The number of benzene rings is 1. The van der Waals surface area contributed by atoms with E-state index >= 15 is 0 Å². The summed E-state index contributed by atoms with van der Waals surface area (Å²) in [6.45, 7) is 2.96. The van der Waals surface area contributed by atoms with Gasteiger partial charge in [-0.05, 0) is 59.9 Å². The number of halogens is 1. The van der Waals surface area contributed by atoms with Crippen molar-refractivity contribution in [3.05, 3.63) is 32.9 Å². The molecule has 0 spiro atoms. The van der Waals surface area contributed by atoms with Crippen LogP contribution in [0.1, 0.15) is 41.6 Å². The Labute approximate surface area is 123 Å². The maximum Gasteiger partial charge on any atom is 0.254 e. The Morgan fingerprint density at radius 3 is 2.72 bits per heavy atom. The summed E-state index contributed by atoms with van der Waals surface area (Å²) in [4.78, 5) is 14.3. The normalized spacial score (nSPS) is 15.9. The van der Waals surface area contributed by atoms with Crippen LogP contribution < -0.4 is 0 Å². The van der Waals surface area contributed by atoms with Gasteiger partial charge < -0.3 is 4.90 Å². The van der Waals surface area contributed by atoms with Crippen LogP contribution in [0.3, 0.4) is 0 Å². The van der Waals surface area contributed by atoms with Gasteiger partial charge in [-0.3, -0.25) is 4.79 Å². The molecule has 0 N–H and O–H groups in total. The number of aryl methyl sites for hydroxylation is 1. The molecular formula is C15H20INO. The van der Waals surface area contributed by atoms with Gasteiger partial charge in [-0.2, -0.15) is 0 Å². The lowest BCUT2D eigenvalue weighted by molar-refractivity contribution is 0.0772. The van der Waals surface area contributed by atoms with Crippen LogP contribution in [-0.4, -0.2) is 24.4 Å². The molecule has 1 saturated carbocycles. The molecule has 0 atom stereocenters. The zero-order chi connectivity index (χ0) is 13.1. The van der Waals surface area contributed by atoms with Crippen molar-refractivity contribution in [2.75, 3.05) is 13.6 Å². The minimum atomic E-state index is 0.162. The molecular weight excluding hydrogens is 337 g/mol. The molecule has 1 aliphatic carbocycles. The van der Waals surface area contributed by atoms with Crippen molar-refractivity contribution in [3.8, 4) is 0 Å². The van der Waals surface area contributed by atoms with Crippen LogP contribution >= 0.6 is 22.6 Å². The second-order valence-electron chi connectivity index (χ2n) is 5.27. The highest BCUT2D eigenvalue weighted by Gasteiger charge is 2.21. The maximum absolute atomic E-state index is 12.4. The van der Waals surface area contributed by atoms with Gasteiger partial charge in [0.05, 0.1) is 5.56 Å². The SMILES string of the molecule is Cc1cccc(C(=O)N(C)CC2CCCC2)c1I. The molecule has 2 rings (SSSR count). The second-order valence-corrected chi connectivity index (χ2v) is 6.35. The lowest BCUT2D eigenvalue weighted by Crippen LogP contribution is -2.31. The van der Waals surface area contributed by atoms with E-state index in [4.69, 9.17) is 0 Å². The topological polar surface area (TPSA) is 20.3 Å². The zero-order valence-electron chi connectivity index (χ0n) is 11.1. The molecule has 1 aromatic rings. The first-order chi connectivity index (χ1) is 8.59. The van der Waals surface area contributed by atoms with E-state index in [1.807, 2.05) is 24.1 Å². The third-order valence-electron chi connectivity index (χ3n) is 3.78. The molecule has 0 aromatic heterocycles. The van der Waals surface area contributed by atoms with Gasteiger partial charge in [-0.25, -0.2) is 0 Å². The minimum absolute atomic E-state index is 0.162. The molecule has 0 bridgehead atoms. The third-order valence-corrected chi connectivity index (χ3v) is 5.21. The number of rotatable bonds is 3. The fourth-order valence-electron chi connectivity index (χ4n) is 2.68. The molecule has 98 valence electrons. The van der Waals surface area contributed by atoms with Gasteiger partial charge in [-0.1, -0.05) is 25.0 Å². The summed E-state index contributed by atoms with van der Waals surface area (Å²) in [6, 6.07) is 5.95. The van der Waals surface area contributed by atoms with Gasteiger partial charge in [0.15, 0.2) is 0 Å². The Bertz CT molecular complexity index is 438. The van der Waals surface area contributed by atoms with Crippen LogP contribution in [-0.2, 0) is 0 Å². The highest BCUT2D eigenvalue weighted by molar-refractivity contribution is 14.1. The van der Waals surface area contributed by atoms with Crippen molar-refractivity contribution < 1.29 is 4.79 Å². The lowest BCUT2D eigenvalue weighted by Gasteiger charge is -2.22. The summed E-state index contributed by atoms with van der Waals surface area (Å²) in [7, 11) is 1.93. The van der Waals surface area contributed by atoms with Crippen molar-refractivity contribution in [2.45, 2.75) is 32.6 Å². The number of nitrogens with zero attached hydrogens (tertiary/aromatic N) is 1. The van der Waals surface area contributed by atoms with Gasteiger partial charge in [0.25, 0.3) is 5.91 Å². The minimum Gasteiger partial charge on any atom is -0.341 e. The number of carbonyl (C=O) groups excluding carboxylic acids is 1. The second kappa shape index (κ2) is 6.04. The van der Waals surface area contributed by atoms with Gasteiger partial charge in [0, 0.05) is 17.2 Å². The number of amides is 1. The van der Waals surface area contributed by atoms with Gasteiger partial charge in [-0.15, -0.1) is 0 Å². The molecule has 0 saturated heterocycles. The Morgan fingerprint density at radius 2 is 2.06 bits per heavy atom. The van der Waals surface area contributed by atoms with Crippen LogP contribution in [0.25, 0.3) is 0 Å². The lowest BCUT2D eigenvalue weighted by atomic mass is 10.1. The Morgan fingerprint density at radius 1 is 1.39 bits per heavy atom. The standard InChI is InChI=1S/C15H20INO/c1-11-6-5-9-13(14(11)16)15(18)17(2)10-12-7-3-4-8-12/h5-6,9,12H,3-4,7-8,10H2,1-2H3. The van der Waals surface area contributed by atoms with E-state index in [2.05, 4.69) is 35.6 Å². The molecule has 0 aliphatic heterocycles. The zero-order valence-corrected chi connectivity index (χ0v) is 13.2. The van der Waals surface area contributed by atoms with E-state index in [9.17, 15) is 4.79 Å². The van der Waals surface area contributed by atoms with Crippen LogP contribution in [0.15, 0.2) is 18.2 Å². The fourth-order valence-corrected chi connectivity index (χ4v) is 3.27. The van der Waals surface area contributed by atoms with E-state index < -0.39 is 0 Å². The van der Waals surface area contributed by atoms with Crippen molar-refractivity contribution in [1.82, 2.24) is 4.90 Å². The smallest absolute Gasteiger partial charge is 0.254 e. The van der Waals surface area contributed by atoms with Gasteiger partial charge in [0.1, 0.15) is 0 Å². The largest absolute Gasteiger partial charge is 0.341 e. The van der Waals surface area contributed by atoms with Crippen LogP contribution in [0.4, 0.5) is 0 Å². The predicted molar refractivity (Wildman–Crippen MR) is 82.8 cm³/mol. The Kier molecular flexibility index (Phi) is 4.65. The predicted octanol–water partition coefficient (Wildman–Crippen LogP) is 3.86. The monoisotopic (exact) mass is 357 g/mol. The van der Waals surface area contributed by atoms with Crippen LogP contribution in [0.5, 0.6) is 0 Å². The summed E-state index contributed by atoms with van der Waals surface area (Å²) in [5.41, 5.74) is 2.02. The fraction of sp³-hybridized carbons (Fsp3) is 0.533. The third kappa shape index (κ3) is 3.05. The van der Waals surface area contributed by atoms with E-state index in [-0.39, 0.29) is 5.91 Å². The molecule has 2 nitrogen and oxygen atoms in total. The van der Waals surface area contributed by atoms with Crippen LogP contribution in [0, 0.1) is 16.4 Å². The molecule has 1 amide bonds. The first kappa shape index (κ1) is 13.8. The first-order valence-corrected chi connectivity index (χ1v) is 7.68. The van der Waals surface area contributed by atoms with E-state index in [1.165, 1.54) is 31.2 Å². The molecule has 0 unspecified atom stereocenters. The van der Waals surface area contributed by atoms with E-state index in [0.717, 1.165) is 15.7 Å². The average molecular weight is 357 g/mol. The molecule has 1 aliphatic rings. The van der Waals surface area contributed by atoms with Crippen molar-refractivity contribution >= 4 is 28.5 Å². The molecule has 3 heteroatoms. The number of carbonyl (C=O) groups is 1. The summed E-state index contributed by atoms with van der Waals surface area (Å²) < 4.78 is 1.08. The molecule has 1 fully saturated rings. The molecule has 1 aromatic carbocycles. The maximum atomic E-state index is 12.4. The molecule has 18 heavy (non-hydrogen) atoms. The molecule has 0 heterocycles. The van der Waals surface area contributed by atoms with E-state index in [0.29, 0.717) is 5.92 Å². The molecule has 0 radical (unpaired) electrons. The first-order valence-electron chi connectivity index (χ1n) is 6.60. The highest BCUT2D eigenvalue weighted by Crippen LogP contribution is 2.26. The number of hydrogen-bond donors (Lipinski definition) is 0. The summed E-state index contributed by atoms with van der Waals surface area (Å²) >= 11 is 2.27. The quantitative estimate of drug-likeness (QED) is 0.753.